The Morgan fingerprint density at radius 1 is 1.18 bits per heavy atom. The molecule has 8 heteroatoms. The minimum absolute atomic E-state index is 0.0586. The summed E-state index contributed by atoms with van der Waals surface area (Å²) in [6.45, 7) is 2.50. The van der Waals surface area contributed by atoms with Crippen molar-refractivity contribution in [3.05, 3.63) is 41.3 Å². The molecule has 0 aliphatic heterocycles. The lowest BCUT2D eigenvalue weighted by atomic mass is 10.2. The normalized spacial score (nSPS) is 11.3. The van der Waals surface area contributed by atoms with Gasteiger partial charge in [0.2, 0.25) is 11.8 Å². The summed E-state index contributed by atoms with van der Waals surface area (Å²) in [5.41, 5.74) is 2.10. The maximum absolute atomic E-state index is 12.2. The van der Waals surface area contributed by atoms with E-state index >= 15 is 0 Å². The van der Waals surface area contributed by atoms with Gasteiger partial charge in [0.15, 0.2) is 6.61 Å². The Balaban J connectivity index is 2.06. The number of alkyl halides is 3. The minimum atomic E-state index is -4.40. The lowest BCUT2D eigenvalue weighted by Crippen LogP contribution is -2.20. The number of rotatable bonds is 5. The molecule has 0 saturated heterocycles. The highest BCUT2D eigenvalue weighted by atomic mass is 19.4. The zero-order valence-corrected chi connectivity index (χ0v) is 12.1. The number of nitrogens with zero attached hydrogens (tertiary/aromatic N) is 3. The van der Waals surface area contributed by atoms with E-state index in [9.17, 15) is 13.2 Å². The molecular formula is C14H15F3N4O. The first-order valence-electron chi connectivity index (χ1n) is 6.53. The minimum Gasteiger partial charge on any atom is -0.468 e. The van der Waals surface area contributed by atoms with Crippen LogP contribution in [0.25, 0.3) is 0 Å². The summed E-state index contributed by atoms with van der Waals surface area (Å²) in [7, 11) is 0. The van der Waals surface area contributed by atoms with E-state index < -0.39 is 12.8 Å². The first-order valence-corrected chi connectivity index (χ1v) is 6.53. The molecule has 0 aliphatic carbocycles. The predicted molar refractivity (Wildman–Crippen MR) is 74.6 cm³/mol. The number of hydrogen-bond acceptors (Lipinski definition) is 5. The Hall–Kier alpha value is -2.38. The van der Waals surface area contributed by atoms with Gasteiger partial charge in [0.25, 0.3) is 0 Å². The number of hydrogen-bond donors (Lipinski definition) is 1. The van der Waals surface area contributed by atoms with Gasteiger partial charge >= 0.3 is 6.18 Å². The molecule has 2 heterocycles. The molecule has 2 aromatic rings. The summed E-state index contributed by atoms with van der Waals surface area (Å²) in [5, 5.41) is 2.96. The van der Waals surface area contributed by atoms with Crippen molar-refractivity contribution in [1.82, 2.24) is 15.0 Å². The second kappa shape index (κ2) is 6.59. The van der Waals surface area contributed by atoms with Gasteiger partial charge in [-0.1, -0.05) is 6.07 Å². The molecular weight excluding hydrogens is 297 g/mol. The van der Waals surface area contributed by atoms with Crippen LogP contribution in [0.15, 0.2) is 24.4 Å². The van der Waals surface area contributed by atoms with E-state index in [-0.39, 0.29) is 12.4 Å². The Kier molecular flexibility index (Phi) is 4.79. The molecule has 0 amide bonds. The number of halogens is 3. The second-order valence-corrected chi connectivity index (χ2v) is 4.70. The van der Waals surface area contributed by atoms with Crippen LogP contribution in [0.5, 0.6) is 5.88 Å². The van der Waals surface area contributed by atoms with E-state index in [1.54, 1.807) is 12.1 Å². The molecule has 2 aromatic heterocycles. The summed E-state index contributed by atoms with van der Waals surface area (Å²) in [4.78, 5) is 12.2. The van der Waals surface area contributed by atoms with Crippen molar-refractivity contribution in [2.75, 3.05) is 11.9 Å². The van der Waals surface area contributed by atoms with Gasteiger partial charge in [0, 0.05) is 29.7 Å². The third-order valence-electron chi connectivity index (χ3n) is 2.64. The van der Waals surface area contributed by atoms with E-state index in [1.807, 2.05) is 19.9 Å². The maximum Gasteiger partial charge on any atom is 0.422 e. The van der Waals surface area contributed by atoms with Crippen LogP contribution in [0.4, 0.5) is 19.1 Å². The average molecular weight is 312 g/mol. The Bertz CT molecular complexity index is 626. The molecule has 0 radical (unpaired) electrons. The summed E-state index contributed by atoms with van der Waals surface area (Å²) in [6.07, 6.45) is -3.03. The number of nitrogens with one attached hydrogen (secondary N) is 1. The van der Waals surface area contributed by atoms with Crippen molar-refractivity contribution in [2.45, 2.75) is 26.6 Å². The molecule has 0 aromatic carbocycles. The molecule has 5 nitrogen and oxygen atoms in total. The fourth-order valence-electron chi connectivity index (χ4n) is 1.82. The summed E-state index contributed by atoms with van der Waals surface area (Å²) >= 11 is 0. The summed E-state index contributed by atoms with van der Waals surface area (Å²) in [6, 6.07) is 5.08. The van der Waals surface area contributed by atoms with E-state index in [2.05, 4.69) is 20.3 Å². The van der Waals surface area contributed by atoms with Crippen LogP contribution in [0.1, 0.15) is 17.0 Å². The molecule has 0 aliphatic rings. The standard InChI is InChI=1S/C14H15F3N4O/c1-9-6-10(2)21-13(20-9)19-7-11-4-3-5-18-12(11)22-8-14(15,16)17/h3-6H,7-8H2,1-2H3,(H,19,20,21). The van der Waals surface area contributed by atoms with E-state index in [1.165, 1.54) is 6.20 Å². The number of anilines is 1. The molecule has 22 heavy (non-hydrogen) atoms. The van der Waals surface area contributed by atoms with Crippen molar-refractivity contribution >= 4 is 5.95 Å². The monoisotopic (exact) mass is 312 g/mol. The molecule has 0 atom stereocenters. The van der Waals surface area contributed by atoms with Gasteiger partial charge in [-0.05, 0) is 26.0 Å². The molecule has 1 N–H and O–H groups in total. The summed E-state index contributed by atoms with van der Waals surface area (Å²) < 4.78 is 41.4. The maximum atomic E-state index is 12.2. The SMILES string of the molecule is Cc1cc(C)nc(NCc2cccnc2OCC(F)(F)F)n1. The second-order valence-electron chi connectivity index (χ2n) is 4.70. The van der Waals surface area contributed by atoms with Gasteiger partial charge in [0.1, 0.15) is 0 Å². The lowest BCUT2D eigenvalue weighted by molar-refractivity contribution is -0.154. The Labute approximate surface area is 125 Å². The highest BCUT2D eigenvalue weighted by Gasteiger charge is 2.29. The first kappa shape index (κ1) is 16.0. The number of pyridine rings is 1. The topological polar surface area (TPSA) is 59.9 Å². The molecule has 0 bridgehead atoms. The zero-order valence-electron chi connectivity index (χ0n) is 12.1. The van der Waals surface area contributed by atoms with Crippen LogP contribution in [0.3, 0.4) is 0 Å². The van der Waals surface area contributed by atoms with Crippen molar-refractivity contribution in [3.8, 4) is 5.88 Å². The molecule has 0 unspecified atom stereocenters. The van der Waals surface area contributed by atoms with Gasteiger partial charge in [0.05, 0.1) is 0 Å². The van der Waals surface area contributed by atoms with E-state index in [4.69, 9.17) is 4.74 Å². The van der Waals surface area contributed by atoms with Crippen molar-refractivity contribution in [2.24, 2.45) is 0 Å². The van der Waals surface area contributed by atoms with E-state index in [0.29, 0.717) is 11.5 Å². The quantitative estimate of drug-likeness (QED) is 0.919. The van der Waals surface area contributed by atoms with Crippen LogP contribution >= 0.6 is 0 Å². The largest absolute Gasteiger partial charge is 0.468 e. The van der Waals surface area contributed by atoms with Crippen LogP contribution in [0, 0.1) is 13.8 Å². The first-order chi connectivity index (χ1) is 10.3. The number of aromatic nitrogens is 3. The number of aryl methyl sites for hydroxylation is 2. The van der Waals surface area contributed by atoms with Crippen molar-refractivity contribution in [1.29, 1.82) is 0 Å². The molecule has 0 fully saturated rings. The van der Waals surface area contributed by atoms with Gasteiger partial charge in [-0.3, -0.25) is 0 Å². The van der Waals surface area contributed by atoms with Gasteiger partial charge in [-0.15, -0.1) is 0 Å². The van der Waals surface area contributed by atoms with Crippen LogP contribution in [-0.2, 0) is 6.54 Å². The van der Waals surface area contributed by atoms with Crippen molar-refractivity contribution in [3.63, 3.8) is 0 Å². The van der Waals surface area contributed by atoms with Crippen molar-refractivity contribution < 1.29 is 17.9 Å². The molecule has 118 valence electrons. The van der Waals surface area contributed by atoms with Gasteiger partial charge in [-0.2, -0.15) is 13.2 Å². The Morgan fingerprint density at radius 3 is 2.50 bits per heavy atom. The van der Waals surface area contributed by atoms with Crippen LogP contribution < -0.4 is 10.1 Å². The summed E-state index contributed by atoms with van der Waals surface area (Å²) in [5.74, 6) is 0.347. The van der Waals surface area contributed by atoms with Gasteiger partial charge in [-0.25, -0.2) is 15.0 Å². The van der Waals surface area contributed by atoms with Gasteiger partial charge < -0.3 is 10.1 Å². The highest BCUT2D eigenvalue weighted by molar-refractivity contribution is 5.33. The zero-order chi connectivity index (χ0) is 16.2. The highest BCUT2D eigenvalue weighted by Crippen LogP contribution is 2.20. The predicted octanol–water partition coefficient (Wildman–Crippen LogP) is 3.04. The third kappa shape index (κ3) is 4.87. The number of ether oxygens (including phenoxy) is 1. The third-order valence-corrected chi connectivity index (χ3v) is 2.64. The average Bonchev–Trinajstić information content (AvgIpc) is 2.42. The molecule has 2 rings (SSSR count). The fourth-order valence-corrected chi connectivity index (χ4v) is 1.82. The lowest BCUT2D eigenvalue weighted by Gasteiger charge is -2.12. The van der Waals surface area contributed by atoms with Crippen LogP contribution in [-0.4, -0.2) is 27.7 Å². The molecule has 0 saturated carbocycles. The fraction of sp³-hybridized carbons (Fsp3) is 0.357. The van der Waals surface area contributed by atoms with E-state index in [0.717, 1.165) is 11.4 Å². The Morgan fingerprint density at radius 2 is 1.86 bits per heavy atom. The smallest absolute Gasteiger partial charge is 0.422 e. The van der Waals surface area contributed by atoms with Crippen LogP contribution in [0.2, 0.25) is 0 Å². The molecule has 0 spiro atoms.